The number of nitrogens with one attached hydrogen (secondary N) is 1. The zero-order valence-electron chi connectivity index (χ0n) is 14.6. The largest absolute Gasteiger partial charge is 0.511 e. The molecule has 1 aliphatic heterocycles. The molecule has 1 saturated heterocycles. The summed E-state index contributed by atoms with van der Waals surface area (Å²) in [6.45, 7) is -0.912. The number of rotatable bonds is 6. The van der Waals surface area contributed by atoms with Crippen LogP contribution in [-0.4, -0.2) is 65.1 Å². The van der Waals surface area contributed by atoms with Gasteiger partial charge in [0.1, 0.15) is 0 Å². The number of carbonyl (C=O) groups is 1. The molecule has 0 aliphatic carbocycles. The monoisotopic (exact) mass is 446 g/mol. The van der Waals surface area contributed by atoms with E-state index in [0.717, 1.165) is 26.4 Å². The molecule has 14 heteroatoms. The van der Waals surface area contributed by atoms with Crippen molar-refractivity contribution in [3.63, 3.8) is 0 Å². The highest BCUT2D eigenvalue weighted by Crippen LogP contribution is 2.39. The van der Waals surface area contributed by atoms with Crippen LogP contribution in [0.25, 0.3) is 0 Å². The van der Waals surface area contributed by atoms with Gasteiger partial charge < -0.3 is 9.47 Å². The van der Waals surface area contributed by atoms with Crippen LogP contribution in [0.1, 0.15) is 6.42 Å². The predicted molar refractivity (Wildman–Crippen MR) is 88.6 cm³/mol. The number of halogens is 3. The van der Waals surface area contributed by atoms with Gasteiger partial charge in [-0.05, 0) is 12.1 Å². The van der Waals surface area contributed by atoms with Gasteiger partial charge in [-0.1, -0.05) is 18.2 Å². The number of alkyl halides is 3. The maximum absolute atomic E-state index is 13.2. The van der Waals surface area contributed by atoms with E-state index in [1.807, 2.05) is 0 Å². The standard InChI is InChI=1S/C14H17F3N2O7S2/c1-25-10-8-13(12(20)26-2,19(9-10)28(23,24)14(15,16)17)18-27(21,22)11-6-4-3-5-7-11/h3-7,10,18H,8-9H2,1-2H3/t10-,13-/m1/s1. The first kappa shape index (κ1) is 22.5. The minimum Gasteiger partial charge on any atom is -0.467 e. The zero-order chi connectivity index (χ0) is 21.4. The Labute approximate surface area is 159 Å². The van der Waals surface area contributed by atoms with E-state index in [1.165, 1.54) is 18.2 Å². The highest BCUT2D eigenvalue weighted by molar-refractivity contribution is 7.90. The lowest BCUT2D eigenvalue weighted by Crippen LogP contribution is -2.65. The van der Waals surface area contributed by atoms with Crippen LogP contribution >= 0.6 is 0 Å². The summed E-state index contributed by atoms with van der Waals surface area (Å²) in [6.07, 6.45) is -1.92. The molecule has 1 aromatic carbocycles. The average molecular weight is 446 g/mol. The summed E-state index contributed by atoms with van der Waals surface area (Å²) in [5, 5.41) is 0. The molecule has 28 heavy (non-hydrogen) atoms. The Morgan fingerprint density at radius 2 is 1.75 bits per heavy atom. The van der Waals surface area contributed by atoms with Crippen LogP contribution in [0.2, 0.25) is 0 Å². The van der Waals surface area contributed by atoms with E-state index < -0.39 is 56.3 Å². The Bertz CT molecular complexity index is 935. The van der Waals surface area contributed by atoms with E-state index in [2.05, 4.69) is 4.74 Å². The SMILES string of the molecule is COC(=O)[C@@]1(NS(=O)(=O)c2ccccc2)C[C@@H](OC)CN1S(=O)(=O)C(F)(F)F. The minimum absolute atomic E-state index is 0.277. The number of sulfonamides is 2. The second kappa shape index (κ2) is 7.59. The molecule has 1 N–H and O–H groups in total. The summed E-state index contributed by atoms with van der Waals surface area (Å²) in [6, 6.07) is 6.43. The van der Waals surface area contributed by atoms with Crippen molar-refractivity contribution in [1.82, 2.24) is 9.03 Å². The van der Waals surface area contributed by atoms with Gasteiger partial charge in [-0.3, -0.25) is 0 Å². The number of benzene rings is 1. The summed E-state index contributed by atoms with van der Waals surface area (Å²) in [7, 11) is -8.84. The normalized spacial score (nSPS) is 24.2. The van der Waals surface area contributed by atoms with Gasteiger partial charge >= 0.3 is 21.5 Å². The van der Waals surface area contributed by atoms with Gasteiger partial charge in [-0.25, -0.2) is 21.6 Å². The molecule has 0 unspecified atom stereocenters. The molecule has 0 radical (unpaired) electrons. The highest BCUT2D eigenvalue weighted by atomic mass is 32.2. The summed E-state index contributed by atoms with van der Waals surface area (Å²) in [5.74, 6) is -1.53. The first-order valence-corrected chi connectivity index (χ1v) is 10.5. The zero-order valence-corrected chi connectivity index (χ0v) is 16.3. The van der Waals surface area contributed by atoms with Crippen LogP contribution in [0.3, 0.4) is 0 Å². The molecule has 1 heterocycles. The van der Waals surface area contributed by atoms with E-state index in [4.69, 9.17) is 4.74 Å². The molecule has 0 saturated carbocycles. The summed E-state index contributed by atoms with van der Waals surface area (Å²) < 4.78 is 99.9. The van der Waals surface area contributed by atoms with Gasteiger partial charge in [-0.2, -0.15) is 22.2 Å². The summed E-state index contributed by atoms with van der Waals surface area (Å²) >= 11 is 0. The van der Waals surface area contributed by atoms with Crippen LogP contribution < -0.4 is 4.72 Å². The number of methoxy groups -OCH3 is 2. The van der Waals surface area contributed by atoms with E-state index in [9.17, 15) is 34.8 Å². The van der Waals surface area contributed by atoms with Crippen molar-refractivity contribution in [2.45, 2.75) is 28.6 Å². The topological polar surface area (TPSA) is 119 Å². The number of carbonyl (C=O) groups excluding carboxylic acids is 1. The van der Waals surface area contributed by atoms with Crippen molar-refractivity contribution in [3.8, 4) is 0 Å². The number of hydrogen-bond donors (Lipinski definition) is 1. The van der Waals surface area contributed by atoms with E-state index in [-0.39, 0.29) is 9.20 Å². The molecule has 2 atom stereocenters. The number of ether oxygens (including phenoxy) is 2. The van der Waals surface area contributed by atoms with Gasteiger partial charge in [0.25, 0.3) is 0 Å². The van der Waals surface area contributed by atoms with Crippen LogP contribution in [-0.2, 0) is 34.3 Å². The molecule has 2 rings (SSSR count). The Morgan fingerprint density at radius 3 is 2.21 bits per heavy atom. The molecule has 1 aromatic rings. The molecule has 0 bridgehead atoms. The van der Waals surface area contributed by atoms with Crippen LogP contribution in [0.15, 0.2) is 35.2 Å². The maximum atomic E-state index is 13.2. The van der Waals surface area contributed by atoms with E-state index in [1.54, 1.807) is 4.72 Å². The first-order valence-electron chi connectivity index (χ1n) is 7.61. The molecule has 9 nitrogen and oxygen atoms in total. The second-order valence-corrected chi connectivity index (χ2v) is 9.35. The van der Waals surface area contributed by atoms with Crippen molar-refractivity contribution in [1.29, 1.82) is 0 Å². The van der Waals surface area contributed by atoms with E-state index >= 15 is 0 Å². The first-order chi connectivity index (χ1) is 12.8. The number of esters is 1. The van der Waals surface area contributed by atoms with Gasteiger partial charge in [0.2, 0.25) is 10.0 Å². The third-order valence-electron chi connectivity index (χ3n) is 4.11. The Kier molecular flexibility index (Phi) is 6.11. The molecule has 0 spiro atoms. The van der Waals surface area contributed by atoms with Crippen molar-refractivity contribution < 1.29 is 44.3 Å². The fourth-order valence-corrected chi connectivity index (χ4v) is 5.42. The fourth-order valence-electron chi connectivity index (χ4n) is 2.79. The summed E-state index contributed by atoms with van der Waals surface area (Å²) in [4.78, 5) is 12.0. The lowest BCUT2D eigenvalue weighted by atomic mass is 10.1. The quantitative estimate of drug-likeness (QED) is 0.629. The molecule has 1 aliphatic rings. The van der Waals surface area contributed by atoms with Gasteiger partial charge in [0.15, 0.2) is 5.66 Å². The van der Waals surface area contributed by atoms with Crippen molar-refractivity contribution in [3.05, 3.63) is 30.3 Å². The Balaban J connectivity index is 2.66. The van der Waals surface area contributed by atoms with Gasteiger partial charge in [0.05, 0.1) is 18.1 Å². The molecular weight excluding hydrogens is 429 g/mol. The van der Waals surface area contributed by atoms with Crippen LogP contribution in [0.5, 0.6) is 0 Å². The average Bonchev–Trinajstić information content (AvgIpc) is 3.00. The third kappa shape index (κ3) is 3.87. The van der Waals surface area contributed by atoms with Crippen LogP contribution in [0, 0.1) is 0 Å². The van der Waals surface area contributed by atoms with Crippen LogP contribution in [0.4, 0.5) is 13.2 Å². The smallest absolute Gasteiger partial charge is 0.467 e. The van der Waals surface area contributed by atoms with Gasteiger partial charge in [0, 0.05) is 20.1 Å². The molecule has 1 fully saturated rings. The van der Waals surface area contributed by atoms with Crippen molar-refractivity contribution in [2.75, 3.05) is 20.8 Å². The highest BCUT2D eigenvalue weighted by Gasteiger charge is 2.65. The predicted octanol–water partition coefficient (Wildman–Crippen LogP) is 0.404. The maximum Gasteiger partial charge on any atom is 0.511 e. The van der Waals surface area contributed by atoms with E-state index in [0.29, 0.717) is 0 Å². The lowest BCUT2D eigenvalue weighted by molar-refractivity contribution is -0.152. The minimum atomic E-state index is -6.11. The van der Waals surface area contributed by atoms with Crippen molar-refractivity contribution in [2.24, 2.45) is 0 Å². The van der Waals surface area contributed by atoms with Gasteiger partial charge in [-0.15, -0.1) is 0 Å². The molecular formula is C14H17F3N2O7S2. The molecule has 0 amide bonds. The van der Waals surface area contributed by atoms with Crippen molar-refractivity contribution >= 4 is 26.0 Å². The summed E-state index contributed by atoms with van der Waals surface area (Å²) in [5.41, 5.74) is -8.66. The second-order valence-electron chi connectivity index (χ2n) is 5.81. The number of nitrogens with zero attached hydrogens (tertiary/aromatic N) is 1. The molecule has 0 aromatic heterocycles. The number of hydrogen-bond acceptors (Lipinski definition) is 7. The Morgan fingerprint density at radius 1 is 1.18 bits per heavy atom. The third-order valence-corrected chi connectivity index (χ3v) is 7.24. The fraction of sp³-hybridized carbons (Fsp3) is 0.500. The lowest BCUT2D eigenvalue weighted by Gasteiger charge is -2.35. The molecule has 158 valence electrons. The Hall–Kier alpha value is -1.74.